The van der Waals surface area contributed by atoms with Crippen LogP contribution in [-0.2, 0) is 28.5 Å². The number of carbonyl (C=O) groups is 2. The van der Waals surface area contributed by atoms with Crippen LogP contribution in [0.5, 0.6) is 0 Å². The second-order valence-corrected chi connectivity index (χ2v) is 14.6. The molecule has 8 heteroatoms. The van der Waals surface area contributed by atoms with Gasteiger partial charge in [0, 0.05) is 25.8 Å². The molecule has 2 aliphatic rings. The Morgan fingerprint density at radius 3 is 1.56 bits per heavy atom. The van der Waals surface area contributed by atoms with E-state index in [1.807, 2.05) is 0 Å². The molecule has 2 saturated carbocycles. The van der Waals surface area contributed by atoms with Gasteiger partial charge in [0.1, 0.15) is 0 Å². The molecule has 0 amide bonds. The first-order valence-corrected chi connectivity index (χ1v) is 20.5. The van der Waals surface area contributed by atoms with Crippen LogP contribution in [0, 0.1) is 11.8 Å². The molecule has 48 heavy (non-hydrogen) atoms. The van der Waals surface area contributed by atoms with Crippen molar-refractivity contribution in [1.82, 2.24) is 4.90 Å². The van der Waals surface area contributed by atoms with Crippen LogP contribution in [0.2, 0.25) is 0 Å². The fraction of sp³-hybridized carbons (Fsp3) is 0.950. The lowest BCUT2D eigenvalue weighted by Crippen LogP contribution is -2.29. The fourth-order valence-electron chi connectivity index (χ4n) is 7.11. The summed E-state index contributed by atoms with van der Waals surface area (Å²) in [5, 5.41) is 9.50. The predicted molar refractivity (Wildman–Crippen MR) is 194 cm³/mol. The van der Waals surface area contributed by atoms with E-state index in [1.165, 1.54) is 96.3 Å². The first-order valence-electron chi connectivity index (χ1n) is 20.5. The highest BCUT2D eigenvalue weighted by molar-refractivity contribution is 5.69. The molecule has 0 heterocycles. The topological polar surface area (TPSA) is 94.5 Å². The molecule has 0 aromatic rings. The molecular formula is C40H75NO7. The minimum absolute atomic E-state index is 0.0690. The average Bonchev–Trinajstić information content (AvgIpc) is 3.81. The largest absolute Gasteiger partial charge is 0.466 e. The second-order valence-electron chi connectivity index (χ2n) is 14.6. The summed E-state index contributed by atoms with van der Waals surface area (Å²) < 4.78 is 23.3. The number of unbranched alkanes of at least 4 members (excludes halogenated alkanes) is 12. The Balaban J connectivity index is 1.44. The third-order valence-electron chi connectivity index (χ3n) is 10.2. The van der Waals surface area contributed by atoms with Crippen LogP contribution in [0.3, 0.4) is 0 Å². The normalized spacial score (nSPS) is 15.7. The number of ether oxygens (including phenoxy) is 4. The molecule has 0 saturated heterocycles. The van der Waals surface area contributed by atoms with Gasteiger partial charge in [-0.1, -0.05) is 96.8 Å². The van der Waals surface area contributed by atoms with Gasteiger partial charge >= 0.3 is 11.9 Å². The summed E-state index contributed by atoms with van der Waals surface area (Å²) in [4.78, 5) is 26.7. The van der Waals surface area contributed by atoms with E-state index in [0.29, 0.717) is 50.9 Å². The second kappa shape index (κ2) is 30.6. The molecule has 0 bridgehead atoms. The smallest absolute Gasteiger partial charge is 0.305 e. The Hall–Kier alpha value is -1.22. The maximum atomic E-state index is 12.4. The van der Waals surface area contributed by atoms with E-state index in [-0.39, 0.29) is 24.8 Å². The molecule has 1 N–H and O–H groups in total. The zero-order chi connectivity index (χ0) is 34.3. The van der Waals surface area contributed by atoms with Crippen LogP contribution >= 0.6 is 0 Å². The highest BCUT2D eigenvalue weighted by Crippen LogP contribution is 2.27. The van der Waals surface area contributed by atoms with Gasteiger partial charge in [0.25, 0.3) is 0 Å². The van der Waals surface area contributed by atoms with Gasteiger partial charge in [-0.05, 0) is 82.7 Å². The first kappa shape index (κ1) is 42.9. The quantitative estimate of drug-likeness (QED) is 0.0416. The molecule has 2 fully saturated rings. The van der Waals surface area contributed by atoms with Crippen molar-refractivity contribution < 1.29 is 33.6 Å². The number of carbonyl (C=O) groups excluding carboxylic acids is 2. The van der Waals surface area contributed by atoms with Gasteiger partial charge in [-0.25, -0.2) is 0 Å². The number of hydrogen-bond acceptors (Lipinski definition) is 8. The molecular weight excluding hydrogens is 606 g/mol. The summed E-state index contributed by atoms with van der Waals surface area (Å²) in [7, 11) is 0. The van der Waals surface area contributed by atoms with Crippen molar-refractivity contribution in [1.29, 1.82) is 0 Å². The average molecular weight is 682 g/mol. The van der Waals surface area contributed by atoms with Gasteiger partial charge in [-0.3, -0.25) is 9.59 Å². The molecule has 2 aliphatic carbocycles. The third kappa shape index (κ3) is 24.0. The van der Waals surface area contributed by atoms with Gasteiger partial charge in [0.2, 0.25) is 0 Å². The summed E-state index contributed by atoms with van der Waals surface area (Å²) in [5.41, 5.74) is 0. The van der Waals surface area contributed by atoms with E-state index in [2.05, 4.69) is 11.8 Å². The Morgan fingerprint density at radius 2 is 1.06 bits per heavy atom. The number of esters is 2. The van der Waals surface area contributed by atoms with Crippen LogP contribution in [0.25, 0.3) is 0 Å². The van der Waals surface area contributed by atoms with E-state index in [0.717, 1.165) is 77.7 Å². The lowest BCUT2D eigenvalue weighted by Gasteiger charge is -2.22. The van der Waals surface area contributed by atoms with Crippen molar-refractivity contribution in [3.63, 3.8) is 0 Å². The van der Waals surface area contributed by atoms with E-state index >= 15 is 0 Å². The molecule has 282 valence electrons. The van der Waals surface area contributed by atoms with E-state index in [9.17, 15) is 14.7 Å². The Morgan fingerprint density at radius 1 is 0.604 bits per heavy atom. The summed E-state index contributed by atoms with van der Waals surface area (Å²) in [6.07, 6.45) is 28.4. The molecule has 0 radical (unpaired) electrons. The maximum Gasteiger partial charge on any atom is 0.305 e. The molecule has 0 atom stereocenters. The monoisotopic (exact) mass is 682 g/mol. The zero-order valence-corrected chi connectivity index (χ0v) is 31.1. The first-order chi connectivity index (χ1) is 23.6. The van der Waals surface area contributed by atoms with Crippen LogP contribution in [-0.4, -0.2) is 80.9 Å². The third-order valence-corrected chi connectivity index (χ3v) is 10.2. The number of rotatable bonds is 33. The molecule has 0 spiro atoms. The van der Waals surface area contributed by atoms with Crippen LogP contribution in [0.15, 0.2) is 0 Å². The molecule has 8 nitrogen and oxygen atoms in total. The maximum absolute atomic E-state index is 12.4. The van der Waals surface area contributed by atoms with E-state index < -0.39 is 0 Å². The van der Waals surface area contributed by atoms with Crippen molar-refractivity contribution in [3.8, 4) is 0 Å². The van der Waals surface area contributed by atoms with Gasteiger partial charge in [-0.2, -0.15) is 0 Å². The van der Waals surface area contributed by atoms with Gasteiger partial charge in [-0.15, -0.1) is 0 Å². The SMILES string of the molecule is CCCCCCCCCCCOC(=O)CCCCCN(CCO)CCCCCC(=O)OCCC(OCC1CCCC1)OCC1CCCC1. The number of hydrogen-bond donors (Lipinski definition) is 1. The minimum atomic E-state index is -0.278. The summed E-state index contributed by atoms with van der Waals surface area (Å²) >= 11 is 0. The van der Waals surface area contributed by atoms with Crippen molar-refractivity contribution in [3.05, 3.63) is 0 Å². The Labute approximate surface area is 294 Å². The number of aliphatic hydroxyl groups excluding tert-OH is 1. The van der Waals surface area contributed by atoms with Gasteiger partial charge in [0.15, 0.2) is 6.29 Å². The van der Waals surface area contributed by atoms with Crippen molar-refractivity contribution in [2.75, 3.05) is 52.7 Å². The molecule has 2 rings (SSSR count). The van der Waals surface area contributed by atoms with E-state index in [1.54, 1.807) is 0 Å². The van der Waals surface area contributed by atoms with Crippen LogP contribution in [0.1, 0.15) is 174 Å². The standard InChI is InChI=1S/C40H75NO7/c1-2-3-4-5-6-7-8-9-20-32-45-38(43)25-12-10-18-28-41(30-31-42)29-19-11-13-26-39(44)46-33-27-40(47-34-36-21-14-15-22-36)48-35-37-23-16-17-24-37/h36-37,40,42H,2-35H2,1H3. The minimum Gasteiger partial charge on any atom is -0.466 e. The molecule has 0 aliphatic heterocycles. The summed E-state index contributed by atoms with van der Waals surface area (Å²) in [6, 6.07) is 0. The van der Waals surface area contributed by atoms with Gasteiger partial charge < -0.3 is 29.0 Å². The highest BCUT2D eigenvalue weighted by atomic mass is 16.7. The van der Waals surface area contributed by atoms with Crippen LogP contribution < -0.4 is 0 Å². The van der Waals surface area contributed by atoms with Crippen molar-refractivity contribution in [2.24, 2.45) is 11.8 Å². The molecule has 0 unspecified atom stereocenters. The zero-order valence-electron chi connectivity index (χ0n) is 31.1. The molecule has 0 aromatic carbocycles. The lowest BCUT2D eigenvalue weighted by atomic mass is 10.1. The van der Waals surface area contributed by atoms with E-state index in [4.69, 9.17) is 18.9 Å². The predicted octanol–water partition coefficient (Wildman–Crippen LogP) is 9.15. The Bertz CT molecular complexity index is 734. The van der Waals surface area contributed by atoms with Gasteiger partial charge in [0.05, 0.1) is 33.0 Å². The number of aliphatic hydroxyl groups is 1. The highest BCUT2D eigenvalue weighted by Gasteiger charge is 2.21. The lowest BCUT2D eigenvalue weighted by molar-refractivity contribution is -0.170. The summed E-state index contributed by atoms with van der Waals surface area (Å²) in [6.45, 7) is 7.30. The van der Waals surface area contributed by atoms with Crippen LogP contribution in [0.4, 0.5) is 0 Å². The number of nitrogens with zero attached hydrogens (tertiary/aromatic N) is 1. The van der Waals surface area contributed by atoms with Crippen molar-refractivity contribution >= 4 is 11.9 Å². The summed E-state index contributed by atoms with van der Waals surface area (Å²) in [5.74, 6) is 1.08. The fourth-order valence-corrected chi connectivity index (χ4v) is 7.11. The molecule has 0 aromatic heterocycles. The van der Waals surface area contributed by atoms with Crippen molar-refractivity contribution in [2.45, 2.75) is 180 Å². The Kier molecular flexibility index (Phi) is 27.4.